The van der Waals surface area contributed by atoms with E-state index in [1.807, 2.05) is 25.1 Å². The van der Waals surface area contributed by atoms with Crippen LogP contribution < -0.4 is 0 Å². The van der Waals surface area contributed by atoms with E-state index in [1.165, 1.54) is 4.31 Å². The van der Waals surface area contributed by atoms with Gasteiger partial charge in [0.1, 0.15) is 0 Å². The molecule has 0 N–H and O–H groups in total. The van der Waals surface area contributed by atoms with E-state index in [1.54, 1.807) is 34.6 Å². The molecule has 0 unspecified atom stereocenters. The van der Waals surface area contributed by atoms with Crippen LogP contribution in [0.3, 0.4) is 0 Å². The van der Waals surface area contributed by atoms with Crippen LogP contribution in [-0.2, 0) is 31.3 Å². The van der Waals surface area contributed by atoms with E-state index in [-0.39, 0.29) is 0 Å². The number of hydrogen-bond donors (Lipinski definition) is 0. The molecule has 180 valence electrons. The van der Waals surface area contributed by atoms with E-state index >= 15 is 0 Å². The molecule has 0 amide bonds. The normalized spacial score (nSPS) is 19.9. The van der Waals surface area contributed by atoms with Crippen molar-refractivity contribution in [1.29, 1.82) is 0 Å². The molecule has 2 fully saturated rings. The molecule has 8 nitrogen and oxygen atoms in total. The minimum absolute atomic E-state index is 0.292. The summed E-state index contributed by atoms with van der Waals surface area (Å²) in [6, 6.07) is 14.0. The second kappa shape index (κ2) is 10.2. The van der Waals surface area contributed by atoms with Crippen LogP contribution in [0, 0.1) is 6.92 Å². The average molecular weight is 494 g/mol. The highest BCUT2D eigenvalue weighted by Gasteiger charge is 2.28. The Morgan fingerprint density at radius 2 is 1.42 bits per heavy atom. The molecule has 2 aliphatic heterocycles. The summed E-state index contributed by atoms with van der Waals surface area (Å²) >= 11 is 0. The molecule has 0 bridgehead atoms. The standard InChI is InChI=1S/C23H31N3O5S2/c1-20-6-8-22(9-7-20)32(27,28)25-11-3-10-24(12-13-25)19-21-4-2-5-23(18-21)33(29,30)26-14-16-31-17-15-26/h2,4-9,18H,3,10-17,19H2,1H3. The van der Waals surface area contributed by atoms with Crippen molar-refractivity contribution in [2.45, 2.75) is 29.7 Å². The SMILES string of the molecule is Cc1ccc(S(=O)(=O)N2CCCN(Cc3cccc(S(=O)(=O)N4CCOCC4)c3)CC2)cc1. The lowest BCUT2D eigenvalue weighted by Gasteiger charge is -2.26. The topological polar surface area (TPSA) is 87.2 Å². The van der Waals surface area contributed by atoms with Crippen LogP contribution in [0.15, 0.2) is 58.3 Å². The molecule has 0 spiro atoms. The van der Waals surface area contributed by atoms with Crippen molar-refractivity contribution >= 4 is 20.0 Å². The zero-order chi connectivity index (χ0) is 23.5. The van der Waals surface area contributed by atoms with Crippen LogP contribution >= 0.6 is 0 Å². The lowest BCUT2D eigenvalue weighted by molar-refractivity contribution is 0.0730. The molecule has 2 heterocycles. The molecule has 2 aromatic carbocycles. The third-order valence-corrected chi connectivity index (χ3v) is 9.93. The highest BCUT2D eigenvalue weighted by atomic mass is 32.2. The van der Waals surface area contributed by atoms with E-state index < -0.39 is 20.0 Å². The van der Waals surface area contributed by atoms with Crippen molar-refractivity contribution in [2.75, 3.05) is 52.5 Å². The fourth-order valence-electron chi connectivity index (χ4n) is 4.20. The fraction of sp³-hybridized carbons (Fsp3) is 0.478. The van der Waals surface area contributed by atoms with Gasteiger partial charge in [0.2, 0.25) is 20.0 Å². The molecule has 0 saturated carbocycles. The van der Waals surface area contributed by atoms with Gasteiger partial charge in [0.15, 0.2) is 0 Å². The molecule has 10 heteroatoms. The number of benzene rings is 2. The Kier molecular flexibility index (Phi) is 7.52. The molecule has 0 atom stereocenters. The summed E-state index contributed by atoms with van der Waals surface area (Å²) in [5, 5.41) is 0. The number of ether oxygens (including phenoxy) is 1. The van der Waals surface area contributed by atoms with Crippen LogP contribution in [0.2, 0.25) is 0 Å². The summed E-state index contributed by atoms with van der Waals surface area (Å²) in [6.07, 6.45) is 0.719. The molecule has 0 radical (unpaired) electrons. The predicted molar refractivity (Wildman–Crippen MR) is 126 cm³/mol. The number of aryl methyl sites for hydroxylation is 1. The van der Waals surface area contributed by atoms with Crippen molar-refractivity contribution < 1.29 is 21.6 Å². The van der Waals surface area contributed by atoms with Crippen molar-refractivity contribution in [3.8, 4) is 0 Å². The summed E-state index contributed by atoms with van der Waals surface area (Å²) < 4.78 is 60.3. The van der Waals surface area contributed by atoms with E-state index in [2.05, 4.69) is 4.90 Å². The van der Waals surface area contributed by atoms with Gasteiger partial charge in [0.25, 0.3) is 0 Å². The van der Waals surface area contributed by atoms with E-state index in [0.29, 0.717) is 62.3 Å². The molecule has 2 aliphatic rings. The van der Waals surface area contributed by atoms with Crippen LogP contribution in [0.25, 0.3) is 0 Å². The molecular formula is C23H31N3O5S2. The first kappa shape index (κ1) is 24.3. The first-order valence-corrected chi connectivity index (χ1v) is 14.1. The van der Waals surface area contributed by atoms with Crippen molar-refractivity contribution in [1.82, 2.24) is 13.5 Å². The number of nitrogens with zero attached hydrogens (tertiary/aromatic N) is 3. The Balaban J connectivity index is 1.42. The molecule has 0 aliphatic carbocycles. The first-order valence-electron chi connectivity index (χ1n) is 11.2. The number of rotatable bonds is 6. The Morgan fingerprint density at radius 3 is 2.15 bits per heavy atom. The average Bonchev–Trinajstić information content (AvgIpc) is 3.06. The Labute approximate surface area is 196 Å². The zero-order valence-corrected chi connectivity index (χ0v) is 20.5. The van der Waals surface area contributed by atoms with Gasteiger partial charge < -0.3 is 4.74 Å². The fourth-order valence-corrected chi connectivity index (χ4v) is 7.15. The van der Waals surface area contributed by atoms with E-state index in [9.17, 15) is 16.8 Å². The van der Waals surface area contributed by atoms with Gasteiger partial charge in [-0.2, -0.15) is 8.61 Å². The second-order valence-corrected chi connectivity index (χ2v) is 12.4. The molecular weight excluding hydrogens is 462 g/mol. The van der Waals surface area contributed by atoms with Gasteiger partial charge in [-0.05, 0) is 49.7 Å². The highest BCUT2D eigenvalue weighted by Crippen LogP contribution is 2.21. The zero-order valence-electron chi connectivity index (χ0n) is 18.9. The minimum Gasteiger partial charge on any atom is -0.379 e. The Bertz CT molecular complexity index is 1160. The first-order chi connectivity index (χ1) is 15.8. The van der Waals surface area contributed by atoms with Gasteiger partial charge >= 0.3 is 0 Å². The van der Waals surface area contributed by atoms with Gasteiger partial charge in [-0.1, -0.05) is 29.8 Å². The maximum atomic E-state index is 13.0. The lowest BCUT2D eigenvalue weighted by Crippen LogP contribution is -2.40. The molecule has 4 rings (SSSR count). The second-order valence-electron chi connectivity index (χ2n) is 8.51. The van der Waals surface area contributed by atoms with Gasteiger partial charge in [0, 0.05) is 39.3 Å². The van der Waals surface area contributed by atoms with E-state index in [4.69, 9.17) is 4.74 Å². The van der Waals surface area contributed by atoms with Crippen LogP contribution in [0.5, 0.6) is 0 Å². The quantitative estimate of drug-likeness (QED) is 0.611. The summed E-state index contributed by atoms with van der Waals surface area (Å²) in [4.78, 5) is 2.80. The minimum atomic E-state index is -3.55. The van der Waals surface area contributed by atoms with Gasteiger partial charge in [-0.3, -0.25) is 4.90 Å². The predicted octanol–water partition coefficient (Wildman–Crippen LogP) is 1.91. The maximum absolute atomic E-state index is 13.0. The van der Waals surface area contributed by atoms with Crippen LogP contribution in [-0.4, -0.2) is 82.8 Å². The smallest absolute Gasteiger partial charge is 0.243 e. The molecule has 2 aromatic rings. The maximum Gasteiger partial charge on any atom is 0.243 e. The third kappa shape index (κ3) is 5.64. The van der Waals surface area contributed by atoms with Gasteiger partial charge in [0.05, 0.1) is 23.0 Å². The van der Waals surface area contributed by atoms with Crippen molar-refractivity contribution in [3.63, 3.8) is 0 Å². The highest BCUT2D eigenvalue weighted by molar-refractivity contribution is 7.89. The molecule has 33 heavy (non-hydrogen) atoms. The van der Waals surface area contributed by atoms with Gasteiger partial charge in [-0.15, -0.1) is 0 Å². The Hall–Kier alpha value is -1.82. The van der Waals surface area contributed by atoms with Crippen molar-refractivity contribution in [2.24, 2.45) is 0 Å². The lowest BCUT2D eigenvalue weighted by atomic mass is 10.2. The summed E-state index contributed by atoms with van der Waals surface area (Å²) in [6.45, 7) is 6.27. The summed E-state index contributed by atoms with van der Waals surface area (Å²) in [5.74, 6) is 0. The monoisotopic (exact) mass is 493 g/mol. The van der Waals surface area contributed by atoms with Gasteiger partial charge in [-0.25, -0.2) is 16.8 Å². The van der Waals surface area contributed by atoms with Crippen LogP contribution in [0.4, 0.5) is 0 Å². The Morgan fingerprint density at radius 1 is 0.758 bits per heavy atom. The van der Waals surface area contributed by atoms with E-state index in [0.717, 1.165) is 24.1 Å². The molecule has 0 aromatic heterocycles. The van der Waals surface area contributed by atoms with Crippen molar-refractivity contribution in [3.05, 3.63) is 59.7 Å². The van der Waals surface area contributed by atoms with Crippen LogP contribution in [0.1, 0.15) is 17.5 Å². The number of hydrogen-bond acceptors (Lipinski definition) is 6. The number of morpholine rings is 1. The molecule has 2 saturated heterocycles. The largest absolute Gasteiger partial charge is 0.379 e. The summed E-state index contributed by atoms with van der Waals surface area (Å²) in [7, 11) is -7.07. The summed E-state index contributed by atoms with van der Waals surface area (Å²) in [5.41, 5.74) is 1.92. The number of sulfonamides is 2. The third-order valence-electron chi connectivity index (χ3n) is 6.12.